The zero-order valence-electron chi connectivity index (χ0n) is 13.9. The van der Waals surface area contributed by atoms with Crippen LogP contribution in [0.25, 0.3) is 10.9 Å². The van der Waals surface area contributed by atoms with E-state index in [2.05, 4.69) is 63.3 Å². The Morgan fingerprint density at radius 2 is 1.72 bits per heavy atom. The first-order valence-corrected chi connectivity index (χ1v) is 9.32. The fraction of sp³-hybridized carbons (Fsp3) is 0.250. The maximum Gasteiger partial charge on any atom is 0.242 e. The first kappa shape index (κ1) is 16.2. The first-order chi connectivity index (χ1) is 12.2. The lowest BCUT2D eigenvalue weighted by molar-refractivity contribution is -0.132. The molecule has 0 aliphatic carbocycles. The quantitative estimate of drug-likeness (QED) is 0.673. The zero-order valence-corrected chi connectivity index (χ0v) is 15.5. The molecule has 0 atom stereocenters. The summed E-state index contributed by atoms with van der Waals surface area (Å²) in [6, 6.07) is 18.6. The van der Waals surface area contributed by atoms with Gasteiger partial charge in [-0.3, -0.25) is 4.79 Å². The van der Waals surface area contributed by atoms with Gasteiger partial charge in [0.05, 0.1) is 0 Å². The fourth-order valence-electron chi connectivity index (χ4n) is 3.41. The van der Waals surface area contributed by atoms with Gasteiger partial charge in [-0.25, -0.2) is 0 Å². The van der Waals surface area contributed by atoms with Crippen molar-refractivity contribution in [3.63, 3.8) is 0 Å². The van der Waals surface area contributed by atoms with Crippen LogP contribution >= 0.6 is 15.9 Å². The predicted octanol–water partition coefficient (Wildman–Crippen LogP) is 3.75. The molecule has 1 fully saturated rings. The number of hydrogen-bond acceptors (Lipinski definition) is 2. The van der Waals surface area contributed by atoms with Gasteiger partial charge in [0.25, 0.3) is 0 Å². The number of halogens is 1. The van der Waals surface area contributed by atoms with E-state index in [1.54, 1.807) is 0 Å². The van der Waals surface area contributed by atoms with Gasteiger partial charge < -0.3 is 14.4 Å². The Bertz CT molecular complexity index is 882. The molecule has 4 rings (SSSR count). The van der Waals surface area contributed by atoms with Crippen molar-refractivity contribution in [3.8, 4) is 0 Å². The van der Waals surface area contributed by atoms with Gasteiger partial charge in [0.2, 0.25) is 5.91 Å². The van der Waals surface area contributed by atoms with Crippen molar-refractivity contribution in [2.75, 3.05) is 31.1 Å². The molecule has 2 heterocycles. The van der Waals surface area contributed by atoms with E-state index in [1.165, 1.54) is 5.69 Å². The van der Waals surface area contributed by atoms with E-state index < -0.39 is 0 Å². The molecular weight excluding hydrogens is 378 g/mol. The van der Waals surface area contributed by atoms with Crippen molar-refractivity contribution in [1.82, 2.24) is 9.47 Å². The van der Waals surface area contributed by atoms with Crippen LogP contribution in [-0.2, 0) is 11.3 Å². The number of carbonyl (C=O) groups is 1. The van der Waals surface area contributed by atoms with Crippen LogP contribution in [0.15, 0.2) is 65.3 Å². The molecule has 1 amide bonds. The lowest BCUT2D eigenvalue weighted by atomic mass is 10.2. The molecule has 0 radical (unpaired) electrons. The molecule has 0 saturated carbocycles. The molecule has 2 aromatic carbocycles. The molecule has 5 heteroatoms. The van der Waals surface area contributed by atoms with Crippen LogP contribution in [0.1, 0.15) is 0 Å². The molecule has 1 aliphatic heterocycles. The standard InChI is InChI=1S/C20H20BrN3O/c21-17-6-7-19-16(14-17)8-9-24(19)15-20(25)23-12-10-22(11-13-23)18-4-2-1-3-5-18/h1-9,14H,10-13,15H2. The first-order valence-electron chi connectivity index (χ1n) is 8.53. The molecule has 1 aromatic heterocycles. The van der Waals surface area contributed by atoms with Gasteiger partial charge in [-0.05, 0) is 36.4 Å². The second-order valence-electron chi connectivity index (χ2n) is 6.35. The van der Waals surface area contributed by atoms with E-state index in [0.29, 0.717) is 6.54 Å². The molecule has 25 heavy (non-hydrogen) atoms. The van der Waals surface area contributed by atoms with Gasteiger partial charge in [0.1, 0.15) is 6.54 Å². The predicted molar refractivity (Wildman–Crippen MR) is 105 cm³/mol. The summed E-state index contributed by atoms with van der Waals surface area (Å²) in [6.45, 7) is 3.72. The number of para-hydroxylation sites is 1. The summed E-state index contributed by atoms with van der Waals surface area (Å²) in [5.41, 5.74) is 2.33. The molecular formula is C20H20BrN3O. The molecule has 0 bridgehead atoms. The SMILES string of the molecule is O=C(Cn1ccc2cc(Br)ccc21)N1CCN(c2ccccc2)CC1. The largest absolute Gasteiger partial charge is 0.368 e. The van der Waals surface area contributed by atoms with E-state index >= 15 is 0 Å². The Labute approximate surface area is 155 Å². The zero-order chi connectivity index (χ0) is 17.2. The van der Waals surface area contributed by atoms with E-state index in [0.717, 1.165) is 41.6 Å². The third-order valence-electron chi connectivity index (χ3n) is 4.79. The van der Waals surface area contributed by atoms with E-state index in [9.17, 15) is 4.79 Å². The van der Waals surface area contributed by atoms with Crippen LogP contribution in [0.2, 0.25) is 0 Å². The van der Waals surface area contributed by atoms with Crippen LogP contribution in [0.3, 0.4) is 0 Å². The minimum atomic E-state index is 0.188. The number of fused-ring (bicyclic) bond motifs is 1. The van der Waals surface area contributed by atoms with Crippen LogP contribution in [0, 0.1) is 0 Å². The van der Waals surface area contributed by atoms with Crippen LogP contribution < -0.4 is 4.90 Å². The summed E-state index contributed by atoms with van der Waals surface area (Å²) in [6.07, 6.45) is 2.00. The maximum atomic E-state index is 12.7. The van der Waals surface area contributed by atoms with Gasteiger partial charge in [0.15, 0.2) is 0 Å². The Morgan fingerprint density at radius 3 is 2.48 bits per heavy atom. The Hall–Kier alpha value is -2.27. The van der Waals surface area contributed by atoms with Gasteiger partial charge >= 0.3 is 0 Å². The molecule has 4 nitrogen and oxygen atoms in total. The van der Waals surface area contributed by atoms with Gasteiger partial charge in [-0.1, -0.05) is 34.1 Å². The molecule has 3 aromatic rings. The highest BCUT2D eigenvalue weighted by atomic mass is 79.9. The van der Waals surface area contributed by atoms with Crippen molar-refractivity contribution in [3.05, 3.63) is 65.3 Å². The van der Waals surface area contributed by atoms with Crippen molar-refractivity contribution >= 4 is 38.4 Å². The Balaban J connectivity index is 1.40. The fourth-order valence-corrected chi connectivity index (χ4v) is 3.79. The summed E-state index contributed by atoms with van der Waals surface area (Å²) >= 11 is 3.49. The molecule has 1 saturated heterocycles. The maximum absolute atomic E-state index is 12.7. The molecule has 0 N–H and O–H groups in total. The van der Waals surface area contributed by atoms with Crippen molar-refractivity contribution < 1.29 is 4.79 Å². The number of benzene rings is 2. The highest BCUT2D eigenvalue weighted by molar-refractivity contribution is 9.10. The molecule has 0 unspecified atom stereocenters. The Kier molecular flexibility index (Phi) is 4.49. The van der Waals surface area contributed by atoms with Gasteiger partial charge in [-0.15, -0.1) is 0 Å². The lowest BCUT2D eigenvalue weighted by Crippen LogP contribution is -2.49. The summed E-state index contributed by atoms with van der Waals surface area (Å²) in [4.78, 5) is 17.0. The highest BCUT2D eigenvalue weighted by Gasteiger charge is 2.21. The van der Waals surface area contributed by atoms with E-state index in [4.69, 9.17) is 0 Å². The smallest absolute Gasteiger partial charge is 0.242 e. The third-order valence-corrected chi connectivity index (χ3v) is 5.29. The monoisotopic (exact) mass is 397 g/mol. The normalized spacial score (nSPS) is 14.9. The number of piperazine rings is 1. The van der Waals surface area contributed by atoms with E-state index in [-0.39, 0.29) is 5.91 Å². The summed E-state index contributed by atoms with van der Waals surface area (Å²) in [7, 11) is 0. The molecule has 128 valence electrons. The van der Waals surface area contributed by atoms with Crippen molar-refractivity contribution in [2.45, 2.75) is 6.54 Å². The number of hydrogen-bond donors (Lipinski definition) is 0. The second kappa shape index (κ2) is 6.92. The number of anilines is 1. The number of rotatable bonds is 3. The summed E-state index contributed by atoms with van der Waals surface area (Å²) < 4.78 is 3.09. The average molecular weight is 398 g/mol. The van der Waals surface area contributed by atoms with E-state index in [1.807, 2.05) is 27.8 Å². The average Bonchev–Trinajstić information content (AvgIpc) is 3.04. The van der Waals surface area contributed by atoms with Crippen LogP contribution in [0.5, 0.6) is 0 Å². The van der Waals surface area contributed by atoms with Crippen LogP contribution in [0.4, 0.5) is 5.69 Å². The lowest BCUT2D eigenvalue weighted by Gasteiger charge is -2.36. The number of aromatic nitrogens is 1. The Morgan fingerprint density at radius 1 is 0.960 bits per heavy atom. The third kappa shape index (κ3) is 3.42. The minimum Gasteiger partial charge on any atom is -0.368 e. The second-order valence-corrected chi connectivity index (χ2v) is 7.27. The minimum absolute atomic E-state index is 0.188. The highest BCUT2D eigenvalue weighted by Crippen LogP contribution is 2.21. The topological polar surface area (TPSA) is 28.5 Å². The molecule has 1 aliphatic rings. The number of carbonyl (C=O) groups excluding carboxylic acids is 1. The summed E-state index contributed by atoms with van der Waals surface area (Å²) in [5, 5.41) is 1.15. The van der Waals surface area contributed by atoms with Crippen molar-refractivity contribution in [1.29, 1.82) is 0 Å². The van der Waals surface area contributed by atoms with Crippen LogP contribution in [-0.4, -0.2) is 41.6 Å². The van der Waals surface area contributed by atoms with Crippen molar-refractivity contribution in [2.24, 2.45) is 0 Å². The molecule has 0 spiro atoms. The summed E-state index contributed by atoms with van der Waals surface area (Å²) in [5.74, 6) is 0.188. The van der Waals surface area contributed by atoms with Gasteiger partial charge in [0, 0.05) is 53.4 Å². The van der Waals surface area contributed by atoms with Gasteiger partial charge in [-0.2, -0.15) is 0 Å². The number of amides is 1. The number of nitrogens with zero attached hydrogens (tertiary/aromatic N) is 3.